The van der Waals surface area contributed by atoms with Crippen molar-refractivity contribution in [1.82, 2.24) is 0 Å². The first-order chi connectivity index (χ1) is 28.7. The zero-order valence-corrected chi connectivity index (χ0v) is 31.7. The highest BCUT2D eigenvalue weighted by Gasteiger charge is 2.18. The van der Waals surface area contributed by atoms with Gasteiger partial charge in [0.15, 0.2) is 0 Å². The van der Waals surface area contributed by atoms with Gasteiger partial charge in [0.25, 0.3) is 0 Å². The van der Waals surface area contributed by atoms with E-state index in [1.165, 1.54) is 54.9 Å². The van der Waals surface area contributed by atoms with Crippen LogP contribution in [0.4, 0.5) is 17.1 Å². The maximum absolute atomic E-state index is 6.33. The maximum Gasteiger partial charge on any atom is 0.136 e. The molecule has 58 heavy (non-hydrogen) atoms. The summed E-state index contributed by atoms with van der Waals surface area (Å²) in [7, 11) is 0. The smallest absolute Gasteiger partial charge is 0.136 e. The largest absolute Gasteiger partial charge is 0.456 e. The highest BCUT2D eigenvalue weighted by Crippen LogP contribution is 2.43. The van der Waals surface area contributed by atoms with E-state index in [2.05, 4.69) is 229 Å². The minimum Gasteiger partial charge on any atom is -0.456 e. The molecule has 0 bridgehead atoms. The van der Waals surface area contributed by atoms with Crippen molar-refractivity contribution < 1.29 is 4.42 Å². The molecule has 11 rings (SSSR count). The van der Waals surface area contributed by atoms with Gasteiger partial charge in [0.2, 0.25) is 0 Å². The Morgan fingerprint density at radius 2 is 0.793 bits per heavy atom. The van der Waals surface area contributed by atoms with E-state index in [1.54, 1.807) is 0 Å². The lowest BCUT2D eigenvalue weighted by Gasteiger charge is -2.27. The third kappa shape index (κ3) is 6.00. The molecule has 2 heteroatoms. The molecule has 272 valence electrons. The van der Waals surface area contributed by atoms with Crippen molar-refractivity contribution in [3.8, 4) is 44.5 Å². The minimum atomic E-state index is 0.900. The second-order valence-corrected chi connectivity index (χ2v) is 14.9. The molecule has 0 aliphatic rings. The van der Waals surface area contributed by atoms with Gasteiger partial charge in [0, 0.05) is 27.8 Å². The molecule has 0 saturated carbocycles. The first-order valence-electron chi connectivity index (χ1n) is 19.8. The molecule has 2 nitrogen and oxygen atoms in total. The molecule has 0 N–H and O–H groups in total. The normalized spacial score (nSPS) is 11.4. The Bertz CT molecular complexity index is 3250. The fraction of sp³-hybridized carbons (Fsp3) is 0. The van der Waals surface area contributed by atoms with E-state index in [4.69, 9.17) is 4.42 Å². The van der Waals surface area contributed by atoms with Crippen molar-refractivity contribution in [3.05, 3.63) is 224 Å². The van der Waals surface area contributed by atoms with Crippen LogP contribution in [0, 0.1) is 0 Å². The zero-order chi connectivity index (χ0) is 38.4. The number of hydrogen-bond acceptors (Lipinski definition) is 2. The molecule has 11 aromatic rings. The molecule has 0 aliphatic carbocycles. The molecule has 1 aromatic heterocycles. The molecule has 0 spiro atoms. The summed E-state index contributed by atoms with van der Waals surface area (Å²) in [5.74, 6) is 0. The van der Waals surface area contributed by atoms with Gasteiger partial charge in [0.1, 0.15) is 11.2 Å². The van der Waals surface area contributed by atoms with Gasteiger partial charge in [-0.15, -0.1) is 0 Å². The summed E-state index contributed by atoms with van der Waals surface area (Å²) in [6.45, 7) is 0. The van der Waals surface area contributed by atoms with Crippen LogP contribution in [0.1, 0.15) is 0 Å². The molecule has 1 heterocycles. The lowest BCUT2D eigenvalue weighted by atomic mass is 9.90. The zero-order valence-electron chi connectivity index (χ0n) is 31.7. The summed E-state index contributed by atoms with van der Waals surface area (Å²) in [6.07, 6.45) is 0. The molecule has 0 unspecified atom stereocenters. The van der Waals surface area contributed by atoms with E-state index in [1.807, 2.05) is 0 Å². The highest BCUT2D eigenvalue weighted by atomic mass is 16.3. The molecule has 0 atom stereocenters. The van der Waals surface area contributed by atoms with Crippen LogP contribution >= 0.6 is 0 Å². The summed E-state index contributed by atoms with van der Waals surface area (Å²) < 4.78 is 6.33. The van der Waals surface area contributed by atoms with Crippen LogP contribution in [-0.4, -0.2) is 0 Å². The molecule has 0 amide bonds. The van der Waals surface area contributed by atoms with E-state index in [0.717, 1.165) is 50.1 Å². The molecule has 0 fully saturated rings. The Balaban J connectivity index is 1.05. The number of hydrogen-bond donors (Lipinski definition) is 0. The van der Waals surface area contributed by atoms with Gasteiger partial charge < -0.3 is 9.32 Å². The van der Waals surface area contributed by atoms with Crippen molar-refractivity contribution in [2.24, 2.45) is 0 Å². The van der Waals surface area contributed by atoms with E-state index < -0.39 is 0 Å². The molecule has 10 aromatic carbocycles. The summed E-state index contributed by atoms with van der Waals surface area (Å²) >= 11 is 0. The van der Waals surface area contributed by atoms with Crippen LogP contribution in [0.2, 0.25) is 0 Å². The molecular weight excluding hydrogens is 703 g/mol. The number of furan rings is 1. The average Bonchev–Trinajstić information content (AvgIpc) is 3.65. The van der Waals surface area contributed by atoms with Crippen molar-refractivity contribution in [2.45, 2.75) is 0 Å². The Kier molecular flexibility index (Phi) is 8.19. The summed E-state index contributed by atoms with van der Waals surface area (Å²) in [5, 5.41) is 7.12. The quantitative estimate of drug-likeness (QED) is 0.162. The van der Waals surface area contributed by atoms with Crippen molar-refractivity contribution in [2.75, 3.05) is 4.90 Å². The number of benzene rings is 10. The van der Waals surface area contributed by atoms with Crippen LogP contribution in [0.3, 0.4) is 0 Å². The van der Waals surface area contributed by atoms with E-state index in [0.29, 0.717) is 0 Å². The van der Waals surface area contributed by atoms with Gasteiger partial charge >= 0.3 is 0 Å². The van der Waals surface area contributed by atoms with Crippen LogP contribution in [0.5, 0.6) is 0 Å². The fourth-order valence-electron chi connectivity index (χ4n) is 8.55. The lowest BCUT2D eigenvalue weighted by molar-refractivity contribution is 0.669. The summed E-state index contributed by atoms with van der Waals surface area (Å²) in [5.41, 5.74) is 14.5. The summed E-state index contributed by atoms with van der Waals surface area (Å²) in [6, 6.07) is 80.8. The van der Waals surface area contributed by atoms with Crippen LogP contribution in [-0.2, 0) is 0 Å². The number of fused-ring (bicyclic) bond motifs is 5. The van der Waals surface area contributed by atoms with Crippen LogP contribution < -0.4 is 4.90 Å². The predicted octanol–water partition coefficient (Wildman–Crippen LogP) is 16.0. The van der Waals surface area contributed by atoms with E-state index in [9.17, 15) is 0 Å². The second-order valence-electron chi connectivity index (χ2n) is 14.9. The number of anilines is 3. The standard InChI is InChI=1S/C56H37NO/c1-3-12-38(13-4-1)39-22-27-46(28-23-39)57(48-31-32-50(41-14-5-2-6-15-41)52(37-48)51-21-11-19-42-16-9-10-20-49(42)51)47-29-24-40(25-30-47)45-26-33-55-53(35-45)54-34-43-17-7-8-18-44(43)36-56(54)58-55/h1-37H. The van der Waals surface area contributed by atoms with Crippen molar-refractivity contribution in [3.63, 3.8) is 0 Å². The van der Waals surface area contributed by atoms with Gasteiger partial charge in [-0.25, -0.2) is 0 Å². The SMILES string of the molecule is c1ccc(-c2ccc(N(c3ccc(-c4ccc5oc6cc7ccccc7cc6c5c4)cc3)c3ccc(-c4ccccc4)c(-c4cccc5ccccc45)c3)cc2)cc1. The third-order valence-electron chi connectivity index (χ3n) is 11.5. The van der Waals surface area contributed by atoms with E-state index in [-0.39, 0.29) is 0 Å². The second kappa shape index (κ2) is 14.1. The Hall–Kier alpha value is -7.68. The maximum atomic E-state index is 6.33. The summed E-state index contributed by atoms with van der Waals surface area (Å²) in [4.78, 5) is 2.37. The fourth-order valence-corrected chi connectivity index (χ4v) is 8.55. The Labute approximate surface area is 337 Å². The molecule has 0 saturated heterocycles. The first-order valence-corrected chi connectivity index (χ1v) is 19.8. The van der Waals surface area contributed by atoms with Crippen molar-refractivity contribution >= 4 is 60.5 Å². The topological polar surface area (TPSA) is 16.4 Å². The molecule has 0 aliphatic heterocycles. The highest BCUT2D eigenvalue weighted by molar-refractivity contribution is 6.11. The van der Waals surface area contributed by atoms with Gasteiger partial charge in [-0.1, -0.05) is 164 Å². The Morgan fingerprint density at radius 3 is 1.52 bits per heavy atom. The van der Waals surface area contributed by atoms with Gasteiger partial charge in [-0.2, -0.15) is 0 Å². The van der Waals surface area contributed by atoms with Gasteiger partial charge in [-0.3, -0.25) is 0 Å². The van der Waals surface area contributed by atoms with Crippen molar-refractivity contribution in [1.29, 1.82) is 0 Å². The Morgan fingerprint density at radius 1 is 0.259 bits per heavy atom. The van der Waals surface area contributed by atoms with E-state index >= 15 is 0 Å². The van der Waals surface area contributed by atoms with Crippen LogP contribution in [0.25, 0.3) is 88.0 Å². The first kappa shape index (κ1) is 33.6. The minimum absolute atomic E-state index is 0.900. The lowest BCUT2D eigenvalue weighted by Crippen LogP contribution is -2.10. The van der Waals surface area contributed by atoms with Gasteiger partial charge in [-0.05, 0) is 127 Å². The number of rotatable bonds is 7. The number of nitrogens with zero attached hydrogens (tertiary/aromatic N) is 1. The molecule has 0 radical (unpaired) electrons. The molecular formula is C56H37NO. The van der Waals surface area contributed by atoms with Crippen LogP contribution in [0.15, 0.2) is 229 Å². The monoisotopic (exact) mass is 739 g/mol. The van der Waals surface area contributed by atoms with Gasteiger partial charge in [0.05, 0.1) is 0 Å². The average molecular weight is 740 g/mol. The third-order valence-corrected chi connectivity index (χ3v) is 11.5. The predicted molar refractivity (Wildman–Crippen MR) is 245 cm³/mol.